The lowest BCUT2D eigenvalue weighted by atomic mass is 10.2. The van der Waals surface area contributed by atoms with Gasteiger partial charge in [0.15, 0.2) is 5.17 Å². The second-order valence-corrected chi connectivity index (χ2v) is 5.69. The largest absolute Gasteiger partial charge is 0.497 e. The molecule has 1 aromatic rings. The molecule has 1 amide bonds. The number of hydrogen-bond acceptors (Lipinski definition) is 5. The molecule has 0 aliphatic carbocycles. The summed E-state index contributed by atoms with van der Waals surface area (Å²) in [6.45, 7) is 2.94. The van der Waals surface area contributed by atoms with Crippen molar-refractivity contribution in [3.05, 3.63) is 34.7 Å². The number of carbonyl (C=O) groups is 1. The lowest BCUT2D eigenvalue weighted by Gasteiger charge is -2.27. The number of amides is 1. The highest BCUT2D eigenvalue weighted by Gasteiger charge is 2.26. The zero-order valence-corrected chi connectivity index (χ0v) is 12.6. The Morgan fingerprint density at radius 1 is 1.29 bits per heavy atom. The zero-order valence-electron chi connectivity index (χ0n) is 11.7. The van der Waals surface area contributed by atoms with Crippen molar-refractivity contribution in [1.82, 2.24) is 4.90 Å². The van der Waals surface area contributed by atoms with Gasteiger partial charge in [-0.1, -0.05) is 12.1 Å². The van der Waals surface area contributed by atoms with Crippen molar-refractivity contribution < 1.29 is 14.3 Å². The number of carbonyl (C=O) groups excluding carboxylic acids is 1. The number of aliphatic imine (C=N–C) groups is 1. The van der Waals surface area contributed by atoms with Gasteiger partial charge in [-0.25, -0.2) is 0 Å². The first-order valence-electron chi connectivity index (χ1n) is 6.75. The Bertz CT molecular complexity index is 589. The maximum atomic E-state index is 12.0. The Hall–Kier alpha value is -1.79. The van der Waals surface area contributed by atoms with E-state index in [1.54, 1.807) is 7.11 Å². The van der Waals surface area contributed by atoms with E-state index in [0.717, 1.165) is 29.6 Å². The summed E-state index contributed by atoms with van der Waals surface area (Å²) in [6.07, 6.45) is 1.86. The summed E-state index contributed by atoms with van der Waals surface area (Å²) in [6, 6.07) is 7.60. The van der Waals surface area contributed by atoms with Crippen LogP contribution < -0.4 is 4.74 Å². The van der Waals surface area contributed by atoms with E-state index in [0.29, 0.717) is 18.1 Å². The molecular weight excluding hydrogens is 288 g/mol. The minimum atomic E-state index is -0.169. The van der Waals surface area contributed by atoms with E-state index in [1.165, 1.54) is 11.8 Å². The van der Waals surface area contributed by atoms with Gasteiger partial charge in [-0.05, 0) is 35.5 Å². The molecule has 2 aliphatic heterocycles. The van der Waals surface area contributed by atoms with Crippen LogP contribution in [0.15, 0.2) is 34.2 Å². The Morgan fingerprint density at radius 3 is 2.67 bits per heavy atom. The summed E-state index contributed by atoms with van der Waals surface area (Å²) >= 11 is 1.43. The summed E-state index contributed by atoms with van der Waals surface area (Å²) in [5, 5.41) is 0.781. The highest BCUT2D eigenvalue weighted by Crippen LogP contribution is 2.30. The summed E-state index contributed by atoms with van der Waals surface area (Å²) in [4.78, 5) is 18.9. The Balaban J connectivity index is 1.72. The molecule has 21 heavy (non-hydrogen) atoms. The predicted octanol–water partition coefficient (Wildman–Crippen LogP) is 2.00. The Morgan fingerprint density at radius 2 is 2.00 bits per heavy atom. The maximum absolute atomic E-state index is 12.0. The summed E-state index contributed by atoms with van der Waals surface area (Å²) in [5.74, 6) is 0.630. The van der Waals surface area contributed by atoms with Crippen LogP contribution >= 0.6 is 11.8 Å². The van der Waals surface area contributed by atoms with Crippen molar-refractivity contribution in [2.75, 3.05) is 33.4 Å². The fourth-order valence-electron chi connectivity index (χ4n) is 2.14. The molecule has 0 radical (unpaired) electrons. The standard InChI is InChI=1S/C15H16N2O3S/c1-19-12-4-2-11(3-5-12)10-13-14(18)16-15(21-13)17-6-8-20-9-7-17/h2-5,10H,6-9H2,1H3. The summed E-state index contributed by atoms with van der Waals surface area (Å²) < 4.78 is 10.4. The Labute approximate surface area is 127 Å². The van der Waals surface area contributed by atoms with Gasteiger partial charge in [0.25, 0.3) is 5.91 Å². The lowest BCUT2D eigenvalue weighted by Crippen LogP contribution is -2.38. The van der Waals surface area contributed by atoms with Crippen LogP contribution in [0.5, 0.6) is 5.75 Å². The molecule has 0 N–H and O–H groups in total. The highest BCUT2D eigenvalue weighted by atomic mass is 32.2. The molecule has 1 saturated heterocycles. The van der Waals surface area contributed by atoms with Crippen molar-refractivity contribution in [3.8, 4) is 5.75 Å². The fourth-order valence-corrected chi connectivity index (χ4v) is 3.10. The molecule has 0 saturated carbocycles. The molecule has 0 unspecified atom stereocenters. The summed E-state index contributed by atoms with van der Waals surface area (Å²) in [7, 11) is 1.63. The molecule has 110 valence electrons. The van der Waals surface area contributed by atoms with Crippen LogP contribution in [0.3, 0.4) is 0 Å². The fraction of sp³-hybridized carbons (Fsp3) is 0.333. The van der Waals surface area contributed by atoms with Crippen molar-refractivity contribution in [2.24, 2.45) is 4.99 Å². The van der Waals surface area contributed by atoms with Crippen LogP contribution in [0.1, 0.15) is 5.56 Å². The van der Waals surface area contributed by atoms with Gasteiger partial charge in [0, 0.05) is 13.1 Å². The molecular formula is C15H16N2O3S. The quantitative estimate of drug-likeness (QED) is 0.782. The van der Waals surface area contributed by atoms with Crippen LogP contribution in [0.25, 0.3) is 6.08 Å². The monoisotopic (exact) mass is 304 g/mol. The van der Waals surface area contributed by atoms with Gasteiger partial charge in [-0.15, -0.1) is 0 Å². The van der Waals surface area contributed by atoms with E-state index in [-0.39, 0.29) is 5.91 Å². The van der Waals surface area contributed by atoms with Gasteiger partial charge >= 0.3 is 0 Å². The van der Waals surface area contributed by atoms with Crippen LogP contribution in [0.2, 0.25) is 0 Å². The number of hydrogen-bond donors (Lipinski definition) is 0. The maximum Gasteiger partial charge on any atom is 0.286 e. The average molecular weight is 304 g/mol. The number of morpholine rings is 1. The molecule has 5 nitrogen and oxygen atoms in total. The molecule has 6 heteroatoms. The van der Waals surface area contributed by atoms with Crippen LogP contribution in [-0.4, -0.2) is 49.4 Å². The third kappa shape index (κ3) is 3.28. The average Bonchev–Trinajstić information content (AvgIpc) is 2.90. The van der Waals surface area contributed by atoms with Crippen molar-refractivity contribution in [3.63, 3.8) is 0 Å². The van der Waals surface area contributed by atoms with Crippen molar-refractivity contribution in [1.29, 1.82) is 0 Å². The predicted molar refractivity (Wildman–Crippen MR) is 83.4 cm³/mol. The number of rotatable bonds is 2. The van der Waals surface area contributed by atoms with Gasteiger partial charge in [0.05, 0.1) is 25.2 Å². The molecule has 0 aromatic heterocycles. The number of thioether (sulfide) groups is 1. The first-order chi connectivity index (χ1) is 10.3. The highest BCUT2D eigenvalue weighted by molar-refractivity contribution is 8.18. The topological polar surface area (TPSA) is 51.1 Å². The number of nitrogens with zero attached hydrogens (tertiary/aromatic N) is 2. The molecule has 0 bridgehead atoms. The van der Waals surface area contributed by atoms with E-state index in [9.17, 15) is 4.79 Å². The first kappa shape index (κ1) is 14.2. The second-order valence-electron chi connectivity index (χ2n) is 4.68. The minimum absolute atomic E-state index is 0.169. The van der Waals surface area contributed by atoms with Gasteiger partial charge in [0.1, 0.15) is 5.75 Å². The molecule has 0 spiro atoms. The summed E-state index contributed by atoms with van der Waals surface area (Å²) in [5.41, 5.74) is 0.963. The SMILES string of the molecule is COc1ccc(C=C2SC(N3CCOCC3)=NC2=O)cc1. The normalized spacial score (nSPS) is 20.8. The molecule has 1 fully saturated rings. The molecule has 0 atom stereocenters. The van der Waals surface area contributed by atoms with Crippen molar-refractivity contribution >= 4 is 28.9 Å². The van der Waals surface area contributed by atoms with Crippen LogP contribution in [0, 0.1) is 0 Å². The smallest absolute Gasteiger partial charge is 0.286 e. The number of ether oxygens (including phenoxy) is 2. The molecule has 2 aliphatic rings. The van der Waals surface area contributed by atoms with E-state index in [2.05, 4.69) is 9.89 Å². The molecule has 1 aromatic carbocycles. The molecule has 3 rings (SSSR count). The van der Waals surface area contributed by atoms with Crippen LogP contribution in [-0.2, 0) is 9.53 Å². The number of methoxy groups -OCH3 is 1. The number of benzene rings is 1. The third-order valence-corrected chi connectivity index (χ3v) is 4.35. The van der Waals surface area contributed by atoms with E-state index in [4.69, 9.17) is 9.47 Å². The van der Waals surface area contributed by atoms with Gasteiger partial charge in [0.2, 0.25) is 0 Å². The first-order valence-corrected chi connectivity index (χ1v) is 7.57. The molecule has 2 heterocycles. The minimum Gasteiger partial charge on any atom is -0.497 e. The van der Waals surface area contributed by atoms with Gasteiger partial charge in [-0.3, -0.25) is 4.79 Å². The van der Waals surface area contributed by atoms with Gasteiger partial charge in [-0.2, -0.15) is 4.99 Å². The second kappa shape index (κ2) is 6.32. The lowest BCUT2D eigenvalue weighted by molar-refractivity contribution is -0.113. The zero-order chi connectivity index (χ0) is 14.7. The van der Waals surface area contributed by atoms with Crippen molar-refractivity contribution in [2.45, 2.75) is 0 Å². The van der Waals surface area contributed by atoms with E-state index >= 15 is 0 Å². The van der Waals surface area contributed by atoms with Gasteiger partial charge < -0.3 is 14.4 Å². The van der Waals surface area contributed by atoms with E-state index < -0.39 is 0 Å². The third-order valence-electron chi connectivity index (χ3n) is 3.30. The van der Waals surface area contributed by atoms with Crippen LogP contribution in [0.4, 0.5) is 0 Å². The van der Waals surface area contributed by atoms with E-state index in [1.807, 2.05) is 30.3 Å². The Kier molecular flexibility index (Phi) is 4.26. The number of amidine groups is 1.